The Bertz CT molecular complexity index is 3560. The smallest absolute Gasteiger partial charge is 0.308 e. The average molecular weight is 1100 g/mol. The van der Waals surface area contributed by atoms with E-state index in [1.807, 2.05) is 13.8 Å². The second-order valence-corrected chi connectivity index (χ2v) is 19.5. The molecule has 80 heavy (non-hydrogen) atoms. The van der Waals surface area contributed by atoms with Gasteiger partial charge in [-0.3, -0.25) is 47.9 Å². The molecule has 19 heteroatoms. The lowest BCUT2D eigenvalue weighted by Crippen LogP contribution is -2.33. The van der Waals surface area contributed by atoms with E-state index in [1.54, 1.807) is 39.0 Å². The fourth-order valence-electron chi connectivity index (χ4n) is 9.43. The molecule has 0 aliphatic heterocycles. The number of carbonyl (C=O) groups excluding carboxylic acids is 9. The van der Waals surface area contributed by atoms with Gasteiger partial charge in [0.05, 0.1) is 11.1 Å². The van der Waals surface area contributed by atoms with E-state index < -0.39 is 82.5 Å². The summed E-state index contributed by atoms with van der Waals surface area (Å²) in [5.41, 5.74) is 0.996. The van der Waals surface area contributed by atoms with Crippen molar-refractivity contribution in [3.63, 3.8) is 0 Å². The summed E-state index contributed by atoms with van der Waals surface area (Å²) in [6.07, 6.45) is 5.10. The van der Waals surface area contributed by atoms with E-state index >= 15 is 9.59 Å². The molecule has 1 aliphatic carbocycles. The first kappa shape index (κ1) is 60.0. The molecule has 3 atom stereocenters. The van der Waals surface area contributed by atoms with Crippen LogP contribution in [0, 0.1) is 5.92 Å². The zero-order chi connectivity index (χ0) is 59.0. The maximum absolute atomic E-state index is 16.5. The van der Waals surface area contributed by atoms with Gasteiger partial charge in [-0.25, -0.2) is 0 Å². The van der Waals surface area contributed by atoms with Gasteiger partial charge >= 0.3 is 47.8 Å². The molecule has 5 aromatic rings. The highest BCUT2D eigenvalue weighted by molar-refractivity contribution is 6.04. The van der Waals surface area contributed by atoms with E-state index in [9.17, 15) is 38.4 Å². The summed E-state index contributed by atoms with van der Waals surface area (Å²) >= 11 is 0. The van der Waals surface area contributed by atoms with Crippen LogP contribution < -0.4 is 43.3 Å². The number of carbonyl (C=O) groups is 9. The van der Waals surface area contributed by atoms with Crippen LogP contribution in [-0.2, 0) is 51.2 Å². The topological polar surface area (TPSA) is 258 Å². The molecule has 1 aromatic heterocycles. The number of hydrogen-bond acceptors (Lipinski definition) is 19. The fraction of sp³-hybridized carbons (Fsp3) is 0.311. The standard InChI is InChI=1S/C61H60O19/c1-29(2)14-18-43-49(74-34(8)64)23-22-46(59(43)79-39(13)69)57(70)54-47(42-20-16-40(72-32(6)62)26-50(42)75-35(9)65)24-31(5)25-48(54)55-52(77-37(11)67)28-53(78-38(12)68)56-58(71)45(19-15-30(3)4)60(80-61(55)56)44-21-17-41(73-33(7)63)27-51(44)76-36(10)66/h14-17,20-23,25-28,47-48,54H,18-19,24H2,1-13H3. The minimum absolute atomic E-state index is 0.00152. The first-order chi connectivity index (χ1) is 37.6. The first-order valence-electron chi connectivity index (χ1n) is 25.2. The lowest BCUT2D eigenvalue weighted by molar-refractivity contribution is -0.133. The van der Waals surface area contributed by atoms with Gasteiger partial charge in [0.2, 0.25) is 5.43 Å². The third kappa shape index (κ3) is 14.5. The molecule has 418 valence electrons. The number of fused-ring (bicyclic) bond motifs is 1. The van der Waals surface area contributed by atoms with Crippen LogP contribution in [0.25, 0.3) is 22.3 Å². The number of hydrogen-bond donors (Lipinski definition) is 0. The molecule has 19 nitrogen and oxygen atoms in total. The molecule has 0 radical (unpaired) electrons. The number of benzene rings is 4. The van der Waals surface area contributed by atoms with E-state index in [0.29, 0.717) is 5.57 Å². The zero-order valence-corrected chi connectivity index (χ0v) is 46.5. The highest BCUT2D eigenvalue weighted by Gasteiger charge is 2.45. The Balaban J connectivity index is 1.89. The minimum Gasteiger partial charge on any atom is -0.455 e. The molecule has 3 unspecified atom stereocenters. The summed E-state index contributed by atoms with van der Waals surface area (Å²) in [4.78, 5) is 134. The Labute approximate surface area is 460 Å². The lowest BCUT2D eigenvalue weighted by Gasteiger charge is -2.38. The molecule has 1 aliphatic rings. The second kappa shape index (κ2) is 25.5. The molecule has 0 N–H and O–H groups in total. The van der Waals surface area contributed by atoms with Crippen molar-refractivity contribution >= 4 is 64.5 Å². The molecule has 0 saturated heterocycles. The van der Waals surface area contributed by atoms with Gasteiger partial charge in [0.25, 0.3) is 0 Å². The SMILES string of the molecule is CC(=O)Oc1ccc(-c2oc3c(C4C=C(C)CC(c5ccc(OC(C)=O)cc5OC(C)=O)C4C(=O)c4ccc(OC(C)=O)c(CC=C(C)C)c4OC(C)=O)c(OC(C)=O)cc(OC(C)=O)c3c(=O)c2CC=C(C)C)c(OC(C)=O)c1. The third-order valence-corrected chi connectivity index (χ3v) is 12.2. The van der Waals surface area contributed by atoms with Crippen LogP contribution in [0.3, 0.4) is 0 Å². The van der Waals surface area contributed by atoms with Crippen molar-refractivity contribution in [1.82, 2.24) is 0 Å². The van der Waals surface area contributed by atoms with E-state index in [0.717, 1.165) is 51.8 Å². The Hall–Kier alpha value is -9.26. The van der Waals surface area contributed by atoms with Crippen LogP contribution in [-0.4, -0.2) is 53.5 Å². The minimum atomic E-state index is -1.49. The van der Waals surface area contributed by atoms with Crippen LogP contribution in [0.1, 0.15) is 141 Å². The van der Waals surface area contributed by atoms with Crippen LogP contribution in [0.2, 0.25) is 0 Å². The van der Waals surface area contributed by atoms with Gasteiger partial charge in [-0.15, -0.1) is 0 Å². The van der Waals surface area contributed by atoms with Crippen molar-refractivity contribution in [3.8, 4) is 57.3 Å². The molecule has 0 amide bonds. The van der Waals surface area contributed by atoms with E-state index in [4.69, 9.17) is 42.3 Å². The Morgan fingerprint density at radius 2 is 1.01 bits per heavy atom. The molecule has 0 bridgehead atoms. The lowest BCUT2D eigenvalue weighted by atomic mass is 9.65. The second-order valence-electron chi connectivity index (χ2n) is 19.5. The van der Waals surface area contributed by atoms with Gasteiger partial charge in [0, 0.05) is 108 Å². The molecular weight excluding hydrogens is 1040 g/mol. The molecule has 0 fully saturated rings. The third-order valence-electron chi connectivity index (χ3n) is 12.2. The van der Waals surface area contributed by atoms with Crippen molar-refractivity contribution < 1.29 is 85.5 Å². The van der Waals surface area contributed by atoms with Crippen molar-refractivity contribution in [2.45, 2.75) is 121 Å². The summed E-state index contributed by atoms with van der Waals surface area (Å²) in [6, 6.07) is 12.1. The fourth-order valence-corrected chi connectivity index (χ4v) is 9.43. The predicted octanol–water partition coefficient (Wildman–Crippen LogP) is 10.6. The van der Waals surface area contributed by atoms with Crippen LogP contribution >= 0.6 is 0 Å². The number of rotatable bonds is 17. The summed E-state index contributed by atoms with van der Waals surface area (Å²) in [6.45, 7) is 18.0. The molecule has 1 heterocycles. The van der Waals surface area contributed by atoms with Crippen molar-refractivity contribution in [1.29, 1.82) is 0 Å². The Morgan fingerprint density at radius 3 is 1.56 bits per heavy atom. The molecular formula is C61H60O19. The summed E-state index contributed by atoms with van der Waals surface area (Å²) in [5.74, 6) is -12.7. The van der Waals surface area contributed by atoms with Gasteiger partial charge in [0.15, 0.2) is 5.78 Å². The number of ether oxygens (including phenoxy) is 8. The molecule has 0 spiro atoms. The Morgan fingerprint density at radius 1 is 0.525 bits per heavy atom. The first-order valence-corrected chi connectivity index (χ1v) is 25.2. The van der Waals surface area contributed by atoms with Crippen molar-refractivity contribution in [3.05, 3.63) is 128 Å². The average Bonchev–Trinajstić information content (AvgIpc) is 3.33. The quantitative estimate of drug-likeness (QED) is 0.0363. The molecule has 4 aromatic carbocycles. The van der Waals surface area contributed by atoms with Gasteiger partial charge < -0.3 is 42.3 Å². The number of ketones is 1. The van der Waals surface area contributed by atoms with Crippen molar-refractivity contribution in [2.24, 2.45) is 5.92 Å². The van der Waals surface area contributed by atoms with Gasteiger partial charge in [0.1, 0.15) is 62.7 Å². The maximum atomic E-state index is 16.5. The largest absolute Gasteiger partial charge is 0.455 e. The number of esters is 8. The molecule has 0 saturated carbocycles. The van der Waals surface area contributed by atoms with E-state index in [-0.39, 0.29) is 110 Å². The molecule has 6 rings (SSSR count). The maximum Gasteiger partial charge on any atom is 0.308 e. The van der Waals surface area contributed by atoms with Gasteiger partial charge in [-0.2, -0.15) is 0 Å². The summed E-state index contributed by atoms with van der Waals surface area (Å²) in [7, 11) is 0. The predicted molar refractivity (Wildman–Crippen MR) is 289 cm³/mol. The Kier molecular flexibility index (Phi) is 19.1. The number of Topliss-reactive ketones (excluding diaryl/α,β-unsaturated/α-hetero) is 1. The number of allylic oxidation sites excluding steroid dienone is 6. The monoisotopic (exact) mass is 1100 g/mol. The van der Waals surface area contributed by atoms with Crippen LogP contribution in [0.15, 0.2) is 98.8 Å². The van der Waals surface area contributed by atoms with Crippen LogP contribution in [0.4, 0.5) is 0 Å². The van der Waals surface area contributed by atoms with Gasteiger partial charge in [-0.05, 0) is 89.8 Å². The zero-order valence-electron chi connectivity index (χ0n) is 46.5. The van der Waals surface area contributed by atoms with Crippen LogP contribution in [0.5, 0.6) is 46.0 Å². The summed E-state index contributed by atoms with van der Waals surface area (Å²) < 4.78 is 52.5. The van der Waals surface area contributed by atoms with E-state index in [2.05, 4.69) is 0 Å². The highest BCUT2D eigenvalue weighted by Crippen LogP contribution is 2.55. The van der Waals surface area contributed by atoms with Gasteiger partial charge in [-0.1, -0.05) is 41.0 Å². The highest BCUT2D eigenvalue weighted by atomic mass is 16.6. The van der Waals surface area contributed by atoms with E-state index in [1.165, 1.54) is 69.3 Å². The van der Waals surface area contributed by atoms with Crippen molar-refractivity contribution in [2.75, 3.05) is 0 Å². The normalized spacial score (nSPS) is 14.6. The summed E-state index contributed by atoms with van der Waals surface area (Å²) in [5, 5.41) is -0.348.